The highest BCUT2D eigenvalue weighted by atomic mass is 35.5. The maximum absolute atomic E-state index is 12.4. The number of amides is 1. The van der Waals surface area contributed by atoms with Gasteiger partial charge in [-0.1, -0.05) is 23.7 Å². The molecule has 0 saturated heterocycles. The summed E-state index contributed by atoms with van der Waals surface area (Å²) in [6, 6.07) is 6.22. The van der Waals surface area contributed by atoms with Crippen LogP contribution in [0.25, 0.3) is 0 Å². The molecule has 7 heteroatoms. The maximum Gasteiger partial charge on any atom is 0.471 e. The molecule has 1 aliphatic rings. The second-order valence-electron chi connectivity index (χ2n) is 3.67. The quantitative estimate of drug-likeness (QED) is 0.776. The number of halogens is 4. The van der Waals surface area contributed by atoms with Crippen molar-refractivity contribution in [2.45, 2.75) is 6.18 Å². The van der Waals surface area contributed by atoms with Crippen molar-refractivity contribution in [2.75, 3.05) is 13.1 Å². The Morgan fingerprint density at radius 3 is 2.72 bits per heavy atom. The Morgan fingerprint density at radius 2 is 2.11 bits per heavy atom. The van der Waals surface area contributed by atoms with E-state index >= 15 is 0 Å². The summed E-state index contributed by atoms with van der Waals surface area (Å²) in [6.45, 7) is 0.0872. The molecule has 0 radical (unpaired) electrons. The smallest absolute Gasteiger partial charge is 0.287 e. The van der Waals surface area contributed by atoms with Crippen LogP contribution in [0.2, 0.25) is 5.02 Å². The molecule has 0 aromatic heterocycles. The highest BCUT2D eigenvalue weighted by Crippen LogP contribution is 2.23. The molecular weight excluding hydrogens is 269 g/mol. The Kier molecular flexibility index (Phi) is 3.30. The molecule has 1 aromatic carbocycles. The molecule has 1 aromatic rings. The molecule has 0 aliphatic carbocycles. The Morgan fingerprint density at radius 1 is 1.39 bits per heavy atom. The Labute approximate surface area is 106 Å². The third-order valence-electron chi connectivity index (χ3n) is 2.41. The predicted octanol–water partition coefficient (Wildman–Crippen LogP) is 2.49. The van der Waals surface area contributed by atoms with Gasteiger partial charge in [-0.25, -0.2) is 0 Å². The van der Waals surface area contributed by atoms with E-state index in [1.54, 1.807) is 18.2 Å². The first kappa shape index (κ1) is 12.9. The fourth-order valence-corrected chi connectivity index (χ4v) is 1.86. The van der Waals surface area contributed by atoms with Gasteiger partial charge in [0.05, 0.1) is 6.54 Å². The van der Waals surface area contributed by atoms with Gasteiger partial charge < -0.3 is 0 Å². The fraction of sp³-hybridized carbons (Fsp3) is 0.273. The number of carbonyl (C=O) groups excluding carboxylic acids is 1. The minimum Gasteiger partial charge on any atom is -0.287 e. The molecule has 96 valence electrons. The molecule has 0 saturated carbocycles. The number of aliphatic imine (C=N–C) groups is 1. The molecule has 2 rings (SSSR count). The molecule has 0 bridgehead atoms. The van der Waals surface area contributed by atoms with E-state index in [0.29, 0.717) is 15.5 Å². The van der Waals surface area contributed by atoms with E-state index in [0.717, 1.165) is 0 Å². The van der Waals surface area contributed by atoms with Gasteiger partial charge in [-0.15, -0.1) is 0 Å². The first-order valence-electron chi connectivity index (χ1n) is 5.08. The van der Waals surface area contributed by atoms with E-state index < -0.39 is 12.1 Å². The van der Waals surface area contributed by atoms with Crippen LogP contribution in [0.1, 0.15) is 5.56 Å². The van der Waals surface area contributed by atoms with Crippen molar-refractivity contribution in [3.05, 3.63) is 34.9 Å². The van der Waals surface area contributed by atoms with Crippen LogP contribution >= 0.6 is 11.6 Å². The van der Waals surface area contributed by atoms with E-state index in [2.05, 4.69) is 4.99 Å². The van der Waals surface area contributed by atoms with E-state index in [4.69, 9.17) is 11.6 Å². The zero-order chi connectivity index (χ0) is 13.3. The number of hydrogen-bond acceptors (Lipinski definition) is 2. The summed E-state index contributed by atoms with van der Waals surface area (Å²) in [5.74, 6) is -1.89. The topological polar surface area (TPSA) is 32.7 Å². The molecule has 18 heavy (non-hydrogen) atoms. The monoisotopic (exact) mass is 276 g/mol. The summed E-state index contributed by atoms with van der Waals surface area (Å²) in [5.41, 5.74) is 0.401. The third kappa shape index (κ3) is 2.48. The van der Waals surface area contributed by atoms with Crippen molar-refractivity contribution < 1.29 is 18.0 Å². The van der Waals surface area contributed by atoms with Crippen LogP contribution < -0.4 is 0 Å². The summed E-state index contributed by atoms with van der Waals surface area (Å²) in [4.78, 5) is 15.8. The third-order valence-corrected chi connectivity index (χ3v) is 2.65. The van der Waals surface area contributed by atoms with E-state index in [1.165, 1.54) is 6.07 Å². The molecule has 0 spiro atoms. The minimum absolute atomic E-state index is 0.0137. The first-order chi connectivity index (χ1) is 8.39. The lowest BCUT2D eigenvalue weighted by atomic mass is 10.2. The SMILES string of the molecule is O=C(N1CCN=C1c1cccc(Cl)c1)C(F)(F)F. The Hall–Kier alpha value is -1.56. The molecule has 1 aliphatic heterocycles. The van der Waals surface area contributed by atoms with Gasteiger partial charge in [0.25, 0.3) is 0 Å². The van der Waals surface area contributed by atoms with Gasteiger partial charge in [-0.3, -0.25) is 14.7 Å². The normalized spacial score (nSPS) is 15.8. The predicted molar refractivity (Wildman–Crippen MR) is 60.6 cm³/mol. The molecule has 1 heterocycles. The van der Waals surface area contributed by atoms with Crippen molar-refractivity contribution >= 4 is 23.3 Å². The van der Waals surface area contributed by atoms with Gasteiger partial charge in [0.1, 0.15) is 5.84 Å². The number of amidine groups is 1. The standard InChI is InChI=1S/C11H8ClF3N2O/c12-8-3-1-2-7(6-8)9-16-4-5-17(9)10(18)11(13,14)15/h1-3,6H,4-5H2. The summed E-state index contributed by atoms with van der Waals surface area (Å²) < 4.78 is 37.2. The average Bonchev–Trinajstić information content (AvgIpc) is 2.75. The minimum atomic E-state index is -4.90. The summed E-state index contributed by atoms with van der Waals surface area (Å²) in [6.07, 6.45) is -4.90. The Balaban J connectivity index is 2.31. The van der Waals surface area contributed by atoms with Gasteiger partial charge in [0.2, 0.25) is 0 Å². The van der Waals surface area contributed by atoms with Gasteiger partial charge >= 0.3 is 12.1 Å². The van der Waals surface area contributed by atoms with Crippen LogP contribution in [0, 0.1) is 0 Å². The Bertz CT molecular complexity index is 513. The zero-order valence-corrected chi connectivity index (χ0v) is 9.79. The number of carbonyl (C=O) groups is 1. The van der Waals surface area contributed by atoms with E-state index in [-0.39, 0.29) is 18.9 Å². The average molecular weight is 277 g/mol. The van der Waals surface area contributed by atoms with Crippen LogP contribution in [-0.4, -0.2) is 35.9 Å². The fourth-order valence-electron chi connectivity index (χ4n) is 1.67. The lowest BCUT2D eigenvalue weighted by molar-refractivity contribution is -0.180. The molecule has 0 N–H and O–H groups in total. The van der Waals surface area contributed by atoms with E-state index in [1.807, 2.05) is 0 Å². The van der Waals surface area contributed by atoms with Crippen LogP contribution in [0.15, 0.2) is 29.3 Å². The largest absolute Gasteiger partial charge is 0.471 e. The zero-order valence-electron chi connectivity index (χ0n) is 9.04. The van der Waals surface area contributed by atoms with Crippen molar-refractivity contribution in [1.29, 1.82) is 0 Å². The number of benzene rings is 1. The van der Waals surface area contributed by atoms with Crippen LogP contribution in [0.3, 0.4) is 0 Å². The summed E-state index contributed by atoms with van der Waals surface area (Å²) >= 11 is 5.76. The number of nitrogens with zero attached hydrogens (tertiary/aromatic N) is 2. The van der Waals surface area contributed by atoms with Crippen molar-refractivity contribution in [1.82, 2.24) is 4.90 Å². The second kappa shape index (κ2) is 4.61. The molecule has 3 nitrogen and oxygen atoms in total. The molecule has 0 atom stereocenters. The summed E-state index contributed by atoms with van der Waals surface area (Å²) in [7, 11) is 0. The maximum atomic E-state index is 12.4. The van der Waals surface area contributed by atoms with Crippen molar-refractivity contribution in [2.24, 2.45) is 4.99 Å². The van der Waals surface area contributed by atoms with Crippen LogP contribution in [0.4, 0.5) is 13.2 Å². The molecule has 1 amide bonds. The van der Waals surface area contributed by atoms with Crippen molar-refractivity contribution in [3.8, 4) is 0 Å². The van der Waals surface area contributed by atoms with Gasteiger partial charge in [0.15, 0.2) is 0 Å². The van der Waals surface area contributed by atoms with Gasteiger partial charge in [0, 0.05) is 17.1 Å². The summed E-state index contributed by atoms with van der Waals surface area (Å²) in [5, 5.41) is 0.376. The lowest BCUT2D eigenvalue weighted by Crippen LogP contribution is -2.43. The van der Waals surface area contributed by atoms with E-state index in [9.17, 15) is 18.0 Å². The molecular formula is C11H8ClF3N2O. The number of rotatable bonds is 1. The van der Waals surface area contributed by atoms with Gasteiger partial charge in [-0.2, -0.15) is 13.2 Å². The number of alkyl halides is 3. The number of hydrogen-bond donors (Lipinski definition) is 0. The van der Waals surface area contributed by atoms with Crippen LogP contribution in [0.5, 0.6) is 0 Å². The second-order valence-corrected chi connectivity index (χ2v) is 4.11. The highest BCUT2D eigenvalue weighted by molar-refractivity contribution is 6.31. The first-order valence-corrected chi connectivity index (χ1v) is 5.46. The van der Waals surface area contributed by atoms with Crippen LogP contribution in [-0.2, 0) is 4.79 Å². The van der Waals surface area contributed by atoms with Crippen molar-refractivity contribution in [3.63, 3.8) is 0 Å². The highest BCUT2D eigenvalue weighted by Gasteiger charge is 2.45. The van der Waals surface area contributed by atoms with Gasteiger partial charge in [-0.05, 0) is 12.1 Å². The lowest BCUT2D eigenvalue weighted by Gasteiger charge is -2.19. The molecule has 0 fully saturated rings. The molecule has 0 unspecified atom stereocenters.